The summed E-state index contributed by atoms with van der Waals surface area (Å²) in [6, 6.07) is 9.04. The van der Waals surface area contributed by atoms with Crippen molar-refractivity contribution in [2.45, 2.75) is 64.4 Å². The van der Waals surface area contributed by atoms with Crippen molar-refractivity contribution >= 4 is 5.95 Å². The van der Waals surface area contributed by atoms with Gasteiger partial charge in [0.15, 0.2) is 0 Å². The molecule has 0 saturated heterocycles. The van der Waals surface area contributed by atoms with Gasteiger partial charge in [0.2, 0.25) is 0 Å². The van der Waals surface area contributed by atoms with Crippen LogP contribution in [0.1, 0.15) is 59.2 Å². The van der Waals surface area contributed by atoms with Crippen molar-refractivity contribution in [3.8, 4) is 11.1 Å². The summed E-state index contributed by atoms with van der Waals surface area (Å²) >= 11 is 0. The molecule has 1 atom stereocenters. The second-order valence-corrected chi connectivity index (χ2v) is 10.9. The Morgan fingerprint density at radius 1 is 0.733 bits per heavy atom. The summed E-state index contributed by atoms with van der Waals surface area (Å²) in [5.41, 5.74) is -3.89. The molecule has 242 valence electrons. The number of hydrogen-bond donors (Lipinski definition) is 1. The van der Waals surface area contributed by atoms with Gasteiger partial charge in [-0.25, -0.2) is 0 Å². The molecular formula is C30H28F9N5O. The molecule has 0 fully saturated rings. The van der Waals surface area contributed by atoms with E-state index >= 15 is 0 Å². The Hall–Kier alpha value is -4.14. The summed E-state index contributed by atoms with van der Waals surface area (Å²) < 4.78 is 123. The summed E-state index contributed by atoms with van der Waals surface area (Å²) in [7, 11) is 1.37. The van der Waals surface area contributed by atoms with E-state index in [0.29, 0.717) is 40.8 Å². The Balaban J connectivity index is 1.90. The Labute approximate surface area is 252 Å². The number of hydrogen-bond acceptors (Lipinski definition) is 5. The number of aliphatic hydroxyl groups is 1. The van der Waals surface area contributed by atoms with Gasteiger partial charge in [-0.15, -0.1) is 5.10 Å². The van der Waals surface area contributed by atoms with Crippen LogP contribution in [0.25, 0.3) is 11.1 Å². The SMILES string of the molecule is CCC(C)(O)c1ccc(C)c(-c2ccc(C(F)(F)F)cc2CN(Cc2cc(C(F)(F)F)cc(C(F)(F)F)c2)c2nnn(C)n2)c1. The molecule has 4 aromatic rings. The van der Waals surface area contributed by atoms with E-state index < -0.39 is 59.5 Å². The lowest BCUT2D eigenvalue weighted by atomic mass is 9.87. The molecule has 0 aliphatic heterocycles. The molecule has 0 saturated carbocycles. The predicted molar refractivity (Wildman–Crippen MR) is 147 cm³/mol. The molecule has 4 rings (SSSR count). The van der Waals surface area contributed by atoms with Crippen LogP contribution in [0.5, 0.6) is 0 Å². The average molecular weight is 646 g/mol. The third-order valence-corrected chi connectivity index (χ3v) is 7.43. The van der Waals surface area contributed by atoms with Gasteiger partial charge in [-0.05, 0) is 95.3 Å². The van der Waals surface area contributed by atoms with E-state index in [1.54, 1.807) is 39.0 Å². The number of rotatable bonds is 8. The zero-order chi connectivity index (χ0) is 33.5. The van der Waals surface area contributed by atoms with E-state index in [2.05, 4.69) is 15.4 Å². The Morgan fingerprint density at radius 2 is 1.31 bits per heavy atom. The summed E-state index contributed by atoms with van der Waals surface area (Å²) in [6.45, 7) is 3.95. The molecular weight excluding hydrogens is 617 g/mol. The lowest BCUT2D eigenvalue weighted by Gasteiger charge is -2.26. The maximum absolute atomic E-state index is 13.9. The first-order valence-electron chi connectivity index (χ1n) is 13.5. The number of aryl methyl sites for hydroxylation is 2. The molecule has 0 spiro atoms. The van der Waals surface area contributed by atoms with Crippen molar-refractivity contribution in [1.82, 2.24) is 20.2 Å². The van der Waals surface area contributed by atoms with Gasteiger partial charge in [0, 0.05) is 13.1 Å². The van der Waals surface area contributed by atoms with Crippen LogP contribution < -0.4 is 4.90 Å². The highest BCUT2D eigenvalue weighted by molar-refractivity contribution is 5.72. The fraction of sp³-hybridized carbons (Fsp3) is 0.367. The van der Waals surface area contributed by atoms with E-state index in [1.165, 1.54) is 13.1 Å². The van der Waals surface area contributed by atoms with Gasteiger partial charge in [0.05, 0.1) is 29.3 Å². The minimum absolute atomic E-state index is 0.0136. The second kappa shape index (κ2) is 12.0. The number of halogens is 9. The van der Waals surface area contributed by atoms with Crippen molar-refractivity contribution < 1.29 is 44.6 Å². The lowest BCUT2D eigenvalue weighted by Crippen LogP contribution is -2.25. The van der Waals surface area contributed by atoms with Crippen LogP contribution in [-0.2, 0) is 44.3 Å². The maximum atomic E-state index is 13.9. The molecule has 3 aromatic carbocycles. The highest BCUT2D eigenvalue weighted by atomic mass is 19.4. The van der Waals surface area contributed by atoms with Crippen LogP contribution in [-0.4, -0.2) is 25.3 Å². The van der Waals surface area contributed by atoms with Crippen molar-refractivity contribution in [3.05, 3.63) is 93.5 Å². The van der Waals surface area contributed by atoms with Gasteiger partial charge in [-0.3, -0.25) is 0 Å². The molecule has 0 amide bonds. The molecule has 0 aliphatic carbocycles. The van der Waals surface area contributed by atoms with E-state index in [-0.39, 0.29) is 17.6 Å². The molecule has 0 aliphatic rings. The van der Waals surface area contributed by atoms with Crippen molar-refractivity contribution in [3.63, 3.8) is 0 Å². The van der Waals surface area contributed by atoms with Gasteiger partial charge in [-0.2, -0.15) is 44.3 Å². The van der Waals surface area contributed by atoms with Gasteiger partial charge in [0.25, 0.3) is 5.95 Å². The predicted octanol–water partition coefficient (Wildman–Crippen LogP) is 8.07. The first-order chi connectivity index (χ1) is 20.7. The van der Waals surface area contributed by atoms with Gasteiger partial charge >= 0.3 is 18.5 Å². The van der Waals surface area contributed by atoms with E-state index in [4.69, 9.17) is 0 Å². The van der Waals surface area contributed by atoms with Crippen molar-refractivity contribution in [2.24, 2.45) is 7.05 Å². The monoisotopic (exact) mass is 645 g/mol. The van der Waals surface area contributed by atoms with Gasteiger partial charge in [0.1, 0.15) is 0 Å². The molecule has 0 radical (unpaired) electrons. The number of tetrazole rings is 1. The van der Waals surface area contributed by atoms with Crippen LogP contribution >= 0.6 is 0 Å². The third kappa shape index (κ3) is 7.75. The third-order valence-electron chi connectivity index (χ3n) is 7.43. The number of benzene rings is 3. The molecule has 6 nitrogen and oxygen atoms in total. The van der Waals surface area contributed by atoms with Gasteiger partial charge in [-0.1, -0.05) is 30.2 Å². The average Bonchev–Trinajstić information content (AvgIpc) is 3.37. The zero-order valence-corrected chi connectivity index (χ0v) is 24.4. The number of aromatic nitrogens is 4. The fourth-order valence-corrected chi connectivity index (χ4v) is 4.75. The van der Waals surface area contributed by atoms with E-state index in [9.17, 15) is 44.6 Å². The summed E-state index contributed by atoms with van der Waals surface area (Å²) in [5.74, 6) is -0.244. The van der Waals surface area contributed by atoms with Gasteiger partial charge < -0.3 is 10.0 Å². The molecule has 15 heteroatoms. The highest BCUT2D eigenvalue weighted by Crippen LogP contribution is 2.39. The van der Waals surface area contributed by atoms with E-state index in [1.807, 2.05) is 0 Å². The Bertz CT molecular complexity index is 1640. The molecule has 1 heterocycles. The molecule has 45 heavy (non-hydrogen) atoms. The second-order valence-electron chi connectivity index (χ2n) is 10.9. The van der Waals surface area contributed by atoms with Crippen LogP contribution in [0.2, 0.25) is 0 Å². The number of anilines is 1. The first-order valence-corrected chi connectivity index (χ1v) is 13.5. The van der Waals surface area contributed by atoms with Crippen molar-refractivity contribution in [1.29, 1.82) is 0 Å². The van der Waals surface area contributed by atoms with Crippen LogP contribution in [0.15, 0.2) is 54.6 Å². The fourth-order valence-electron chi connectivity index (χ4n) is 4.75. The highest BCUT2D eigenvalue weighted by Gasteiger charge is 2.37. The minimum Gasteiger partial charge on any atom is -0.385 e. The summed E-state index contributed by atoms with van der Waals surface area (Å²) in [4.78, 5) is 2.13. The molecule has 1 N–H and O–H groups in total. The smallest absolute Gasteiger partial charge is 0.385 e. The number of alkyl halides is 9. The van der Waals surface area contributed by atoms with Crippen LogP contribution in [0.4, 0.5) is 45.5 Å². The lowest BCUT2D eigenvalue weighted by molar-refractivity contribution is -0.143. The Kier molecular flexibility index (Phi) is 8.99. The summed E-state index contributed by atoms with van der Waals surface area (Å²) in [6.07, 6.45) is -14.7. The van der Waals surface area contributed by atoms with Crippen molar-refractivity contribution in [2.75, 3.05) is 4.90 Å². The molecule has 1 aromatic heterocycles. The van der Waals surface area contributed by atoms with Crippen LogP contribution in [0.3, 0.4) is 0 Å². The Morgan fingerprint density at radius 3 is 1.82 bits per heavy atom. The normalized spacial score (nSPS) is 14.0. The van der Waals surface area contributed by atoms with E-state index in [0.717, 1.165) is 21.8 Å². The maximum Gasteiger partial charge on any atom is 0.416 e. The largest absolute Gasteiger partial charge is 0.416 e. The van der Waals surface area contributed by atoms with Crippen LogP contribution in [0, 0.1) is 6.92 Å². The minimum atomic E-state index is -5.11. The first kappa shape index (κ1) is 33.7. The zero-order valence-electron chi connectivity index (χ0n) is 24.4. The number of nitrogens with zero attached hydrogens (tertiary/aromatic N) is 5. The quantitative estimate of drug-likeness (QED) is 0.197. The molecule has 0 bridgehead atoms. The summed E-state index contributed by atoms with van der Waals surface area (Å²) in [5, 5.41) is 22.4. The standard InChI is InChI=1S/C30H28F9N5O/c1-5-27(3,45)20-7-6-17(2)25(14-20)24-9-8-21(28(31,32)33)12-19(24)16-44(26-40-42-43(4)41-26)15-18-10-22(29(34,35)36)13-23(11-18)30(37,38)39/h6-14,45H,5,15-16H2,1-4H3. The topological polar surface area (TPSA) is 67.1 Å². The molecule has 1 unspecified atom stereocenters.